The molecule has 0 amide bonds. The Morgan fingerprint density at radius 1 is 0.182 bits per heavy atom. The van der Waals surface area contributed by atoms with Crippen LogP contribution in [-0.4, -0.2) is 464 Å². The lowest BCUT2D eigenvalue weighted by Crippen LogP contribution is -2.30. The van der Waals surface area contributed by atoms with Crippen molar-refractivity contribution in [1.29, 1.82) is 0 Å². The number of ether oxygens (including phenoxy) is 36. The van der Waals surface area contributed by atoms with Crippen LogP contribution in [0, 0.1) is 0 Å². The summed E-state index contributed by atoms with van der Waals surface area (Å²) in [4.78, 5) is 0. The first-order chi connectivity index (χ1) is 65.5. The predicted molar refractivity (Wildman–Crippen MR) is 481 cm³/mol. The largest absolute Gasteiger partial charge is 0.487 e. The predicted octanol–water partition coefficient (Wildman–Crippen LogP) is 1.30. The number of fused-ring (bicyclic) bond motifs is 3. The monoisotopic (exact) mass is 1910 g/mol. The molecule has 0 aliphatic carbocycles. The quantitative estimate of drug-likeness (QED) is 0.202. The SMILES string of the molecule is NCC1COCCOCCOCCOCCO1.NCC1COCCOCCOCCOCCOCCO1.NCc1ccc2c(c1)OCCOCCOCCOCCO2.NCc1ccc2c(c1)OCCOCCOCCOCCOCCO2.OCC1COCCOCCOCCOCCOCCOCCO1.OCc1ccc2c(c1)OCCOCCOCCOCCOCCOCCO2. The van der Waals surface area contributed by atoms with E-state index in [1.807, 2.05) is 36.4 Å². The molecule has 6 heterocycles. The number of nitrogens with two attached hydrogens (primary N) is 4. The second-order valence-electron chi connectivity index (χ2n) is 28.1. The fourth-order valence-corrected chi connectivity index (χ4v) is 10.9. The smallest absolute Gasteiger partial charge is 0.161 e. The lowest BCUT2D eigenvalue weighted by molar-refractivity contribution is -0.0697. The van der Waals surface area contributed by atoms with Gasteiger partial charge >= 0.3 is 0 Å². The highest BCUT2D eigenvalue weighted by Gasteiger charge is 2.16. The maximum Gasteiger partial charge on any atom is 0.161 e. The van der Waals surface area contributed by atoms with E-state index in [9.17, 15) is 10.2 Å². The molecule has 6 aliphatic heterocycles. The molecule has 0 saturated carbocycles. The lowest BCUT2D eigenvalue weighted by atomic mass is 10.2. The Kier molecular flexibility index (Phi) is 84.7. The molecule has 0 spiro atoms. The van der Waals surface area contributed by atoms with Gasteiger partial charge in [-0.25, -0.2) is 0 Å². The van der Waals surface area contributed by atoms with Gasteiger partial charge in [0.25, 0.3) is 0 Å². The van der Waals surface area contributed by atoms with Gasteiger partial charge < -0.3 is 204 Å². The van der Waals surface area contributed by atoms with E-state index in [1.165, 1.54) is 0 Å². The van der Waals surface area contributed by atoms with Gasteiger partial charge in [-0.05, 0) is 53.1 Å². The maximum atomic E-state index is 9.31. The normalized spacial score (nSPS) is 22.5. The van der Waals surface area contributed by atoms with E-state index in [2.05, 4.69) is 0 Å². The van der Waals surface area contributed by atoms with Crippen molar-refractivity contribution in [3.63, 3.8) is 0 Å². The topological polar surface area (TPSA) is 477 Å². The molecular formula is C90H160N4O38. The van der Waals surface area contributed by atoms with Crippen LogP contribution in [0.25, 0.3) is 0 Å². The van der Waals surface area contributed by atoms with E-state index in [0.29, 0.717) is 477 Å². The van der Waals surface area contributed by atoms with Gasteiger partial charge in [0, 0.05) is 26.2 Å². The van der Waals surface area contributed by atoms with Gasteiger partial charge in [-0.15, -0.1) is 0 Å². The molecule has 3 unspecified atom stereocenters. The Morgan fingerprint density at radius 2 is 0.341 bits per heavy atom. The van der Waals surface area contributed by atoms with Crippen molar-refractivity contribution in [2.45, 2.75) is 38.0 Å². The van der Waals surface area contributed by atoms with Crippen molar-refractivity contribution < 1.29 is 181 Å². The lowest BCUT2D eigenvalue weighted by Gasteiger charge is -2.16. The molecule has 0 radical (unpaired) electrons. The molecule has 132 heavy (non-hydrogen) atoms. The summed E-state index contributed by atoms with van der Waals surface area (Å²) in [6.45, 7) is 34.0. The van der Waals surface area contributed by atoms with Crippen molar-refractivity contribution >= 4 is 0 Å². The van der Waals surface area contributed by atoms with Crippen LogP contribution in [0.15, 0.2) is 54.6 Å². The molecule has 6 aliphatic rings. The highest BCUT2D eigenvalue weighted by atomic mass is 16.6. The van der Waals surface area contributed by atoms with Gasteiger partial charge in [0.15, 0.2) is 34.5 Å². The molecule has 10 N–H and O–H groups in total. The average molecular weight is 1910 g/mol. The van der Waals surface area contributed by atoms with E-state index in [0.717, 1.165) is 16.7 Å². The van der Waals surface area contributed by atoms with Gasteiger partial charge in [0.2, 0.25) is 0 Å². The molecule has 9 rings (SSSR count). The molecule has 0 bridgehead atoms. The minimum absolute atomic E-state index is 0.0582. The molecule has 3 aromatic rings. The number of aliphatic hydroxyl groups is 2. The van der Waals surface area contributed by atoms with Crippen molar-refractivity contribution in [3.8, 4) is 34.5 Å². The van der Waals surface area contributed by atoms with Crippen molar-refractivity contribution in [2.75, 3.05) is 436 Å². The Hall–Kier alpha value is -4.98. The molecule has 0 aromatic heterocycles. The van der Waals surface area contributed by atoms with Crippen LogP contribution in [0.3, 0.4) is 0 Å². The highest BCUT2D eigenvalue weighted by Crippen LogP contribution is 2.31. The third kappa shape index (κ3) is 72.4. The zero-order valence-corrected chi connectivity index (χ0v) is 78.1. The number of hydrogen-bond acceptors (Lipinski definition) is 42. The van der Waals surface area contributed by atoms with Crippen LogP contribution >= 0.6 is 0 Å². The summed E-state index contributed by atoms with van der Waals surface area (Å²) in [5.41, 5.74) is 25.3. The Morgan fingerprint density at radius 3 is 0.530 bits per heavy atom. The molecule has 3 fully saturated rings. The summed E-state index contributed by atoms with van der Waals surface area (Å²) in [5, 5.41) is 18.5. The minimum atomic E-state index is -0.343. The first-order valence-corrected chi connectivity index (χ1v) is 46.1. The molecule has 3 atom stereocenters. The number of hydrogen-bond donors (Lipinski definition) is 6. The van der Waals surface area contributed by atoms with Gasteiger partial charge in [-0.2, -0.15) is 0 Å². The molecule has 3 saturated heterocycles. The average Bonchev–Trinajstić information content (AvgIpc) is 0.884. The Balaban J connectivity index is 0.000000333. The second kappa shape index (κ2) is 93.7. The van der Waals surface area contributed by atoms with Crippen molar-refractivity contribution in [1.82, 2.24) is 0 Å². The fraction of sp³-hybridized carbons (Fsp3) is 0.800. The molecular weight excluding hydrogens is 1740 g/mol. The summed E-state index contributed by atoms with van der Waals surface area (Å²) in [6.07, 6.45) is -0.513. The minimum Gasteiger partial charge on any atom is -0.487 e. The van der Waals surface area contributed by atoms with E-state index >= 15 is 0 Å². The van der Waals surface area contributed by atoms with Gasteiger partial charge in [0.1, 0.15) is 45.7 Å². The zero-order chi connectivity index (χ0) is 93.5. The van der Waals surface area contributed by atoms with Gasteiger partial charge in [0.05, 0.1) is 402 Å². The van der Waals surface area contributed by atoms with Crippen LogP contribution in [0.1, 0.15) is 16.7 Å². The van der Waals surface area contributed by atoms with Gasteiger partial charge in [-0.3, -0.25) is 0 Å². The standard InChI is InChI=1S/C19H30O8.C17H27NO6.C15H23NO5.C15H30O8.C13H27NO6.C11H23NO5/c20-16-17-1-2-18-19(15-17)27-14-12-25-10-8-23-6-4-21-3-5-22-7-9-24-11-13-26-18;18-14-15-1-2-16-17(13-15)24-12-10-22-8-6-20-4-3-19-5-7-21-9-11-23-16;16-12-13-1-2-14-15(11-13)21-10-8-19-6-4-17-3-5-18-7-9-20-14;16-13-15-14-22-10-9-20-6-5-18-2-1-17-3-4-19-7-8-21-11-12-23-15;14-11-13-12-19-8-7-17-4-3-15-1-2-16-5-6-18-9-10-20-13;12-9-11-10-16-6-5-14-2-1-13-3-4-15-7-8-17-11/h1-2,15,20H,3-14,16H2;1-2,13H,3-12,14,18H2;1-2,11H,3-10,12,16H2;15-16H,1-14H2;13H,1-12,14H2;11H,1-10,12H2. The van der Waals surface area contributed by atoms with Crippen LogP contribution in [0.5, 0.6) is 34.5 Å². The number of rotatable bonds is 6. The summed E-state index contributed by atoms with van der Waals surface area (Å²) < 4.78 is 197. The van der Waals surface area contributed by atoms with E-state index < -0.39 is 0 Å². The van der Waals surface area contributed by atoms with Gasteiger partial charge in [-0.1, -0.05) is 18.2 Å². The number of benzene rings is 3. The van der Waals surface area contributed by atoms with E-state index in [1.54, 1.807) is 18.2 Å². The third-order valence-corrected chi connectivity index (χ3v) is 17.8. The number of aliphatic hydroxyl groups excluding tert-OH is 2. The van der Waals surface area contributed by atoms with Crippen molar-refractivity contribution in [2.24, 2.45) is 22.9 Å². The summed E-state index contributed by atoms with van der Waals surface area (Å²) in [7, 11) is 0. The van der Waals surface area contributed by atoms with Crippen molar-refractivity contribution in [3.05, 3.63) is 71.3 Å². The van der Waals surface area contributed by atoms with E-state index in [-0.39, 0.29) is 31.5 Å². The highest BCUT2D eigenvalue weighted by molar-refractivity contribution is 5.44. The first-order valence-electron chi connectivity index (χ1n) is 46.1. The molecule has 42 heteroatoms. The fourth-order valence-electron chi connectivity index (χ4n) is 10.9. The Labute approximate surface area is 780 Å². The molecule has 3 aromatic carbocycles. The van der Waals surface area contributed by atoms with E-state index in [4.69, 9.17) is 193 Å². The van der Waals surface area contributed by atoms with Crippen LogP contribution in [0.2, 0.25) is 0 Å². The summed E-state index contributed by atoms with van der Waals surface area (Å²) >= 11 is 0. The van der Waals surface area contributed by atoms with Crippen LogP contribution in [0.4, 0.5) is 0 Å². The first kappa shape index (κ1) is 119. The summed E-state index contributed by atoms with van der Waals surface area (Å²) in [5.74, 6) is 3.92. The zero-order valence-electron chi connectivity index (χ0n) is 78.1. The molecule has 768 valence electrons. The third-order valence-electron chi connectivity index (χ3n) is 17.8. The summed E-state index contributed by atoms with van der Waals surface area (Å²) in [6, 6.07) is 16.7. The second-order valence-corrected chi connectivity index (χ2v) is 28.1. The maximum absolute atomic E-state index is 9.31. The Bertz CT molecular complexity index is 2870. The van der Waals surface area contributed by atoms with Crippen LogP contribution in [-0.2, 0) is 162 Å². The van der Waals surface area contributed by atoms with Crippen LogP contribution < -0.4 is 51.4 Å². The molecule has 42 nitrogen and oxygen atoms in total.